The van der Waals surface area contributed by atoms with E-state index in [1.165, 1.54) is 25.7 Å². The van der Waals surface area contributed by atoms with Gasteiger partial charge in [0.2, 0.25) is 5.91 Å². The number of carbonyl (C=O) groups is 1. The van der Waals surface area contributed by atoms with Crippen LogP contribution in [0, 0.1) is 17.8 Å². The largest absolute Gasteiger partial charge is 0.353 e. The molecule has 2 aromatic carbocycles. The molecular formula is C24H29NO2S. The maximum atomic E-state index is 13.2. The van der Waals surface area contributed by atoms with Gasteiger partial charge in [0.05, 0.1) is 5.25 Å². The first-order chi connectivity index (χ1) is 13.6. The van der Waals surface area contributed by atoms with Crippen LogP contribution in [-0.2, 0) is 15.6 Å². The summed E-state index contributed by atoms with van der Waals surface area (Å²) >= 11 is 0. The molecule has 0 unspecified atom stereocenters. The van der Waals surface area contributed by atoms with Crippen LogP contribution in [0.2, 0.25) is 0 Å². The maximum absolute atomic E-state index is 13.2. The monoisotopic (exact) mass is 395 g/mol. The average Bonchev–Trinajstić information content (AvgIpc) is 3.33. The van der Waals surface area contributed by atoms with E-state index in [2.05, 4.69) is 12.2 Å². The van der Waals surface area contributed by atoms with Gasteiger partial charge in [-0.05, 0) is 55.1 Å². The molecule has 2 fully saturated rings. The van der Waals surface area contributed by atoms with Crippen molar-refractivity contribution in [1.82, 2.24) is 5.32 Å². The molecule has 2 aliphatic rings. The molecule has 0 radical (unpaired) electrons. The standard InChI is InChI=1S/C24H29NO2S/c1-17(22-15-18-12-13-21(22)14-18)25-23(26)16-28(27)24(19-8-4-2-5-9-19)20-10-6-3-7-11-20/h2-11,17-18,21-22,24H,12-16H2,1H3,(H,25,26)/t17-,18+,21+,22-,28+/m0/s1. The van der Waals surface area contributed by atoms with E-state index in [1.54, 1.807) is 0 Å². The number of fused-ring (bicyclic) bond motifs is 2. The van der Waals surface area contributed by atoms with Gasteiger partial charge in [0.15, 0.2) is 0 Å². The topological polar surface area (TPSA) is 46.2 Å². The van der Waals surface area contributed by atoms with Crippen LogP contribution in [0.4, 0.5) is 0 Å². The highest BCUT2D eigenvalue weighted by Gasteiger charge is 2.42. The first-order valence-corrected chi connectivity index (χ1v) is 11.8. The Morgan fingerprint density at radius 2 is 1.61 bits per heavy atom. The van der Waals surface area contributed by atoms with Crippen LogP contribution in [0.5, 0.6) is 0 Å². The van der Waals surface area contributed by atoms with E-state index in [1.807, 2.05) is 60.7 Å². The predicted octanol–water partition coefficient (Wildman–Crippen LogP) is 4.47. The van der Waals surface area contributed by atoms with Crippen LogP contribution in [0.15, 0.2) is 60.7 Å². The summed E-state index contributed by atoms with van der Waals surface area (Å²) in [7, 11) is -1.32. The maximum Gasteiger partial charge on any atom is 0.232 e. The Labute approximate surface area is 170 Å². The van der Waals surface area contributed by atoms with Crippen molar-refractivity contribution in [3.63, 3.8) is 0 Å². The van der Waals surface area contributed by atoms with Gasteiger partial charge in [-0.15, -0.1) is 0 Å². The van der Waals surface area contributed by atoms with Gasteiger partial charge in [0.1, 0.15) is 5.75 Å². The summed E-state index contributed by atoms with van der Waals surface area (Å²) in [5.41, 5.74) is 1.97. The Balaban J connectivity index is 1.43. The minimum Gasteiger partial charge on any atom is -0.353 e. The molecule has 2 bridgehead atoms. The molecule has 0 heterocycles. The number of benzene rings is 2. The fraction of sp³-hybridized carbons (Fsp3) is 0.458. The third-order valence-corrected chi connectivity index (χ3v) is 8.18. The number of nitrogens with one attached hydrogen (secondary N) is 1. The number of amides is 1. The lowest BCUT2D eigenvalue weighted by atomic mass is 9.84. The van der Waals surface area contributed by atoms with Crippen molar-refractivity contribution in [1.29, 1.82) is 0 Å². The van der Waals surface area contributed by atoms with Crippen LogP contribution in [0.1, 0.15) is 49.0 Å². The Bertz CT molecular complexity index is 784. The number of rotatable bonds is 7. The lowest BCUT2D eigenvalue weighted by molar-refractivity contribution is -0.119. The van der Waals surface area contributed by atoms with Gasteiger partial charge >= 0.3 is 0 Å². The second kappa shape index (κ2) is 8.60. The van der Waals surface area contributed by atoms with E-state index >= 15 is 0 Å². The fourth-order valence-electron chi connectivity index (χ4n) is 5.27. The molecule has 0 aromatic heterocycles. The normalized spacial score (nSPS) is 25.6. The molecule has 28 heavy (non-hydrogen) atoms. The van der Waals surface area contributed by atoms with Crippen molar-refractivity contribution in [3.05, 3.63) is 71.8 Å². The Morgan fingerprint density at radius 3 is 2.11 bits per heavy atom. The summed E-state index contributed by atoms with van der Waals surface area (Å²) in [6.45, 7) is 2.12. The fourth-order valence-corrected chi connectivity index (χ4v) is 6.70. The van der Waals surface area contributed by atoms with Crippen molar-refractivity contribution >= 4 is 16.7 Å². The van der Waals surface area contributed by atoms with Gasteiger partial charge in [-0.25, -0.2) is 0 Å². The van der Waals surface area contributed by atoms with Crippen LogP contribution < -0.4 is 5.32 Å². The highest BCUT2D eigenvalue weighted by atomic mass is 32.2. The van der Waals surface area contributed by atoms with Gasteiger partial charge in [-0.3, -0.25) is 9.00 Å². The smallest absolute Gasteiger partial charge is 0.232 e. The zero-order valence-electron chi connectivity index (χ0n) is 16.4. The second-order valence-corrected chi connectivity index (χ2v) is 9.94. The second-order valence-electron chi connectivity index (χ2n) is 8.42. The van der Waals surface area contributed by atoms with E-state index in [4.69, 9.17) is 0 Å². The van der Waals surface area contributed by atoms with Crippen LogP contribution in [0.25, 0.3) is 0 Å². The molecule has 1 N–H and O–H groups in total. The summed E-state index contributed by atoms with van der Waals surface area (Å²) in [6.07, 6.45) is 5.25. The molecule has 148 valence electrons. The van der Waals surface area contributed by atoms with Gasteiger partial charge in [-0.1, -0.05) is 67.1 Å². The van der Waals surface area contributed by atoms with E-state index in [0.29, 0.717) is 5.92 Å². The SMILES string of the molecule is C[C@H](NC(=O)C[S@@](=O)C(c1ccccc1)c1ccccc1)[C@@H]1C[C@@H]2CC[C@@H]1C2. The molecule has 2 aromatic rings. The third kappa shape index (κ3) is 4.22. The van der Waals surface area contributed by atoms with Crippen molar-refractivity contribution < 1.29 is 9.00 Å². The van der Waals surface area contributed by atoms with Gasteiger partial charge in [0.25, 0.3) is 0 Å². The zero-order chi connectivity index (χ0) is 19.5. The summed E-state index contributed by atoms with van der Waals surface area (Å²) in [5, 5.41) is 2.88. The lowest BCUT2D eigenvalue weighted by Gasteiger charge is -2.28. The molecule has 1 amide bonds. The molecule has 2 saturated carbocycles. The molecule has 0 saturated heterocycles. The van der Waals surface area contributed by atoms with E-state index < -0.39 is 10.8 Å². The van der Waals surface area contributed by atoms with Crippen molar-refractivity contribution in [2.45, 2.75) is 43.9 Å². The Morgan fingerprint density at radius 1 is 1.00 bits per heavy atom. The number of hydrogen-bond donors (Lipinski definition) is 1. The average molecular weight is 396 g/mol. The van der Waals surface area contributed by atoms with E-state index in [-0.39, 0.29) is 23.0 Å². The first-order valence-electron chi connectivity index (χ1n) is 10.4. The number of carbonyl (C=O) groups excluding carboxylic acids is 1. The van der Waals surface area contributed by atoms with Crippen LogP contribution >= 0.6 is 0 Å². The minimum atomic E-state index is -1.32. The summed E-state index contributed by atoms with van der Waals surface area (Å²) in [6, 6.07) is 19.9. The van der Waals surface area contributed by atoms with E-state index in [0.717, 1.165) is 23.0 Å². The number of hydrogen-bond acceptors (Lipinski definition) is 2. The summed E-state index contributed by atoms with van der Waals surface area (Å²) in [5.74, 6) is 2.18. The Kier molecular flexibility index (Phi) is 5.96. The predicted molar refractivity (Wildman–Crippen MR) is 114 cm³/mol. The minimum absolute atomic E-state index is 0.0413. The summed E-state index contributed by atoms with van der Waals surface area (Å²) in [4.78, 5) is 12.7. The Hall–Kier alpha value is -1.94. The van der Waals surface area contributed by atoms with Gasteiger partial charge < -0.3 is 5.32 Å². The molecule has 4 rings (SSSR count). The molecule has 3 nitrogen and oxygen atoms in total. The summed E-state index contributed by atoms with van der Waals surface area (Å²) < 4.78 is 13.2. The van der Waals surface area contributed by atoms with Crippen molar-refractivity contribution in [2.24, 2.45) is 17.8 Å². The molecule has 4 heteroatoms. The molecule has 2 aliphatic carbocycles. The molecular weight excluding hydrogens is 366 g/mol. The van der Waals surface area contributed by atoms with Gasteiger partial charge in [0, 0.05) is 16.8 Å². The van der Waals surface area contributed by atoms with Crippen LogP contribution in [-0.4, -0.2) is 21.9 Å². The van der Waals surface area contributed by atoms with Crippen molar-refractivity contribution in [2.75, 3.05) is 5.75 Å². The zero-order valence-corrected chi connectivity index (χ0v) is 17.2. The third-order valence-electron chi connectivity index (χ3n) is 6.56. The molecule has 5 atom stereocenters. The quantitative estimate of drug-likeness (QED) is 0.752. The van der Waals surface area contributed by atoms with E-state index in [9.17, 15) is 9.00 Å². The van der Waals surface area contributed by atoms with Crippen molar-refractivity contribution in [3.8, 4) is 0 Å². The molecule has 0 aliphatic heterocycles. The molecule has 0 spiro atoms. The highest BCUT2D eigenvalue weighted by molar-refractivity contribution is 7.86. The highest BCUT2D eigenvalue weighted by Crippen LogP contribution is 2.49. The van der Waals surface area contributed by atoms with Crippen LogP contribution in [0.3, 0.4) is 0 Å². The van der Waals surface area contributed by atoms with Gasteiger partial charge in [-0.2, -0.15) is 0 Å². The lowest BCUT2D eigenvalue weighted by Crippen LogP contribution is -2.42. The first kappa shape index (κ1) is 19.4.